The lowest BCUT2D eigenvalue weighted by molar-refractivity contribution is 0.122. The number of hydrogen-bond donors (Lipinski definition) is 2. The van der Waals surface area contributed by atoms with Gasteiger partial charge in [0.05, 0.1) is 32.7 Å². The molecule has 0 amide bonds. The van der Waals surface area contributed by atoms with E-state index in [1.807, 2.05) is 24.3 Å². The number of methoxy groups -OCH3 is 2. The minimum absolute atomic E-state index is 0.245. The van der Waals surface area contributed by atoms with Gasteiger partial charge in [0.15, 0.2) is 23.4 Å². The van der Waals surface area contributed by atoms with Crippen LogP contribution in [-0.4, -0.2) is 40.5 Å². The average Bonchev–Trinajstić information content (AvgIpc) is 2.66. The second-order valence-corrected chi connectivity index (χ2v) is 5.40. The van der Waals surface area contributed by atoms with Crippen molar-refractivity contribution in [2.24, 2.45) is 4.99 Å². The van der Waals surface area contributed by atoms with E-state index in [1.165, 1.54) is 6.21 Å². The van der Waals surface area contributed by atoms with Gasteiger partial charge < -0.3 is 24.6 Å². The fourth-order valence-corrected chi connectivity index (χ4v) is 2.73. The second-order valence-electron chi connectivity index (χ2n) is 5.40. The molecule has 0 spiro atoms. The van der Waals surface area contributed by atoms with Gasteiger partial charge in [-0.1, -0.05) is 18.2 Å². The van der Waals surface area contributed by atoms with Crippen LogP contribution < -0.4 is 9.47 Å². The van der Waals surface area contributed by atoms with Crippen LogP contribution in [0.3, 0.4) is 0 Å². The molecule has 2 aromatic rings. The van der Waals surface area contributed by atoms with Gasteiger partial charge in [-0.05, 0) is 18.2 Å². The molecule has 2 N–H and O–H groups in total. The third kappa shape index (κ3) is 3.21. The van der Waals surface area contributed by atoms with Crippen molar-refractivity contribution in [3.63, 3.8) is 0 Å². The van der Waals surface area contributed by atoms with Crippen LogP contribution in [0.1, 0.15) is 17.4 Å². The molecule has 1 aromatic heterocycles. The van der Waals surface area contributed by atoms with Gasteiger partial charge in [0, 0.05) is 11.8 Å². The number of allylic oxidation sites excluding steroid dienone is 1. The summed E-state index contributed by atoms with van der Waals surface area (Å²) in [7, 11) is 3.12. The Labute approximate surface area is 145 Å². The topological polar surface area (TPSA) is 87.4 Å². The van der Waals surface area contributed by atoms with Crippen LogP contribution in [0.4, 0.5) is 0 Å². The molecule has 1 aliphatic rings. The third-order valence-electron chi connectivity index (χ3n) is 3.91. The second kappa shape index (κ2) is 7.12. The number of nitrogens with zero attached hydrogens (tertiary/aromatic N) is 3. The number of benzene rings is 1. The van der Waals surface area contributed by atoms with Gasteiger partial charge in [0.1, 0.15) is 0 Å². The first-order valence-electron chi connectivity index (χ1n) is 7.68. The molecule has 0 aliphatic carbocycles. The SMILES string of the molecule is COc1cccc(CN2C(O)=C(O)C=NC2c2ccccn2)c1OC. The number of para-hydroxylation sites is 1. The Kier molecular flexibility index (Phi) is 4.74. The third-order valence-corrected chi connectivity index (χ3v) is 3.91. The first-order chi connectivity index (χ1) is 12.2. The zero-order valence-corrected chi connectivity index (χ0v) is 14.0. The summed E-state index contributed by atoms with van der Waals surface area (Å²) in [6.07, 6.45) is 2.33. The Balaban J connectivity index is 1.99. The molecule has 25 heavy (non-hydrogen) atoms. The zero-order chi connectivity index (χ0) is 17.8. The molecule has 0 fully saturated rings. The highest BCUT2D eigenvalue weighted by atomic mass is 16.5. The van der Waals surface area contributed by atoms with E-state index >= 15 is 0 Å². The van der Waals surface area contributed by atoms with Gasteiger partial charge in [-0.3, -0.25) is 9.98 Å². The molecule has 7 nitrogen and oxygen atoms in total. The molecule has 1 unspecified atom stereocenters. The molecule has 130 valence electrons. The number of pyridine rings is 1. The standard InChI is InChI=1S/C18H19N3O4/c1-24-15-8-5-6-12(16(15)25-2)11-21-17(13-7-3-4-9-19-13)20-10-14(22)18(21)23/h3-10,17,22-23H,11H2,1-2H3. The maximum absolute atomic E-state index is 10.4. The van der Waals surface area contributed by atoms with Crippen LogP contribution in [0.2, 0.25) is 0 Å². The van der Waals surface area contributed by atoms with Crippen molar-refractivity contribution >= 4 is 6.21 Å². The van der Waals surface area contributed by atoms with Gasteiger partial charge in [-0.15, -0.1) is 0 Å². The van der Waals surface area contributed by atoms with Gasteiger partial charge in [0.25, 0.3) is 0 Å². The highest BCUT2D eigenvalue weighted by Crippen LogP contribution is 2.35. The van der Waals surface area contributed by atoms with E-state index in [4.69, 9.17) is 9.47 Å². The normalized spacial score (nSPS) is 16.9. The number of aliphatic hydroxyl groups is 2. The number of rotatable bonds is 5. The molecule has 0 bridgehead atoms. The van der Waals surface area contributed by atoms with Gasteiger partial charge in [0.2, 0.25) is 5.88 Å². The van der Waals surface area contributed by atoms with E-state index in [0.717, 1.165) is 5.56 Å². The molecular weight excluding hydrogens is 322 g/mol. The van der Waals surface area contributed by atoms with Crippen LogP contribution in [-0.2, 0) is 6.54 Å². The lowest BCUT2D eigenvalue weighted by Crippen LogP contribution is -2.31. The number of aliphatic hydroxyl groups excluding tert-OH is 2. The average molecular weight is 341 g/mol. The van der Waals surface area contributed by atoms with E-state index in [-0.39, 0.29) is 18.2 Å². The summed E-state index contributed by atoms with van der Waals surface area (Å²) in [5.41, 5.74) is 1.43. The summed E-state index contributed by atoms with van der Waals surface area (Å²) in [5.74, 6) is 0.582. The summed E-state index contributed by atoms with van der Waals surface area (Å²) in [5, 5.41) is 20.3. The van der Waals surface area contributed by atoms with Crippen molar-refractivity contribution in [2.75, 3.05) is 14.2 Å². The van der Waals surface area contributed by atoms with Crippen molar-refractivity contribution in [3.05, 3.63) is 65.5 Å². The van der Waals surface area contributed by atoms with Gasteiger partial charge in [-0.2, -0.15) is 0 Å². The van der Waals surface area contributed by atoms with E-state index < -0.39 is 6.17 Å². The molecule has 3 rings (SSSR count). The maximum Gasteiger partial charge on any atom is 0.234 e. The summed E-state index contributed by atoms with van der Waals surface area (Å²) >= 11 is 0. The predicted octanol–water partition coefficient (Wildman–Crippen LogP) is 2.97. The lowest BCUT2D eigenvalue weighted by atomic mass is 10.1. The van der Waals surface area contributed by atoms with Crippen molar-refractivity contribution < 1.29 is 19.7 Å². The van der Waals surface area contributed by atoms with E-state index in [0.29, 0.717) is 17.2 Å². The van der Waals surface area contributed by atoms with Crippen LogP contribution in [0.5, 0.6) is 11.5 Å². The summed E-state index contributed by atoms with van der Waals surface area (Å²) in [4.78, 5) is 10.2. The lowest BCUT2D eigenvalue weighted by Gasteiger charge is -2.32. The van der Waals surface area contributed by atoms with E-state index in [9.17, 15) is 10.2 Å². The smallest absolute Gasteiger partial charge is 0.234 e. The predicted molar refractivity (Wildman–Crippen MR) is 92.8 cm³/mol. The first-order valence-corrected chi connectivity index (χ1v) is 7.68. The van der Waals surface area contributed by atoms with Crippen LogP contribution in [0.15, 0.2) is 59.2 Å². The Bertz CT molecular complexity index is 805. The molecular formula is C18H19N3O4. The summed E-state index contributed by atoms with van der Waals surface area (Å²) in [6, 6.07) is 10.9. The molecule has 7 heteroatoms. The Morgan fingerprint density at radius 3 is 2.60 bits per heavy atom. The highest BCUT2D eigenvalue weighted by Gasteiger charge is 2.29. The summed E-state index contributed by atoms with van der Waals surface area (Å²) in [6.45, 7) is 0.245. The van der Waals surface area contributed by atoms with Crippen LogP contribution in [0, 0.1) is 0 Å². The van der Waals surface area contributed by atoms with Crippen molar-refractivity contribution in [1.29, 1.82) is 0 Å². The van der Waals surface area contributed by atoms with Gasteiger partial charge in [-0.25, -0.2) is 0 Å². The highest BCUT2D eigenvalue weighted by molar-refractivity contribution is 5.77. The Morgan fingerprint density at radius 1 is 1.08 bits per heavy atom. The number of aromatic nitrogens is 1. The number of ether oxygens (including phenoxy) is 2. The van der Waals surface area contributed by atoms with Gasteiger partial charge >= 0.3 is 0 Å². The fourth-order valence-electron chi connectivity index (χ4n) is 2.73. The molecule has 1 atom stereocenters. The quantitative estimate of drug-likeness (QED) is 0.869. The monoisotopic (exact) mass is 341 g/mol. The fraction of sp³-hybridized carbons (Fsp3) is 0.222. The van der Waals surface area contributed by atoms with Crippen LogP contribution in [0.25, 0.3) is 0 Å². The summed E-state index contributed by atoms with van der Waals surface area (Å²) < 4.78 is 10.8. The molecule has 2 heterocycles. The molecule has 1 aliphatic heterocycles. The Morgan fingerprint density at radius 2 is 1.92 bits per heavy atom. The van der Waals surface area contributed by atoms with Crippen molar-refractivity contribution in [1.82, 2.24) is 9.88 Å². The number of aliphatic imine (C=N–C) groups is 1. The van der Waals surface area contributed by atoms with Crippen LogP contribution >= 0.6 is 0 Å². The molecule has 0 radical (unpaired) electrons. The molecule has 0 saturated carbocycles. The minimum Gasteiger partial charge on any atom is -0.502 e. The molecule has 0 saturated heterocycles. The van der Waals surface area contributed by atoms with Crippen molar-refractivity contribution in [2.45, 2.75) is 12.7 Å². The Hall–Kier alpha value is -3.22. The van der Waals surface area contributed by atoms with E-state index in [2.05, 4.69) is 9.98 Å². The minimum atomic E-state index is -0.562. The first kappa shape index (κ1) is 16.6. The maximum atomic E-state index is 10.4. The van der Waals surface area contributed by atoms with Crippen molar-refractivity contribution in [3.8, 4) is 11.5 Å². The largest absolute Gasteiger partial charge is 0.502 e. The number of hydrogen-bond acceptors (Lipinski definition) is 7. The zero-order valence-electron chi connectivity index (χ0n) is 14.0. The molecule has 1 aromatic carbocycles. The van der Waals surface area contributed by atoms with E-state index in [1.54, 1.807) is 37.4 Å².